The van der Waals surface area contributed by atoms with E-state index in [-0.39, 0.29) is 24.0 Å². The topological polar surface area (TPSA) is 39.7 Å². The first kappa shape index (κ1) is 22.4. The number of halogens is 1. The van der Waals surface area contributed by atoms with Crippen molar-refractivity contribution in [2.45, 2.75) is 75.6 Å². The molecule has 2 N–H and O–H groups in total. The van der Waals surface area contributed by atoms with Crippen LogP contribution in [0.4, 0.5) is 0 Å². The van der Waals surface area contributed by atoms with E-state index in [1.807, 2.05) is 18.8 Å². The molecule has 0 spiro atoms. The molecule has 3 atom stereocenters. The largest absolute Gasteiger partial charge is 0.356 e. The first-order chi connectivity index (χ1) is 11.2. The highest BCUT2D eigenvalue weighted by molar-refractivity contribution is 14.0. The van der Waals surface area contributed by atoms with Crippen molar-refractivity contribution in [3.8, 4) is 0 Å². The molecule has 0 radical (unpaired) electrons. The summed E-state index contributed by atoms with van der Waals surface area (Å²) in [5.41, 5.74) is 0. The Labute approximate surface area is 170 Å². The Bertz CT molecular complexity index is 367. The van der Waals surface area contributed by atoms with E-state index in [9.17, 15) is 0 Å². The summed E-state index contributed by atoms with van der Waals surface area (Å²) in [6.07, 6.45) is 12.8. The second-order valence-electron chi connectivity index (χ2n) is 7.10. The summed E-state index contributed by atoms with van der Waals surface area (Å²) in [5, 5.41) is 7.91. The third-order valence-corrected chi connectivity index (χ3v) is 6.48. The zero-order valence-electron chi connectivity index (χ0n) is 15.7. The van der Waals surface area contributed by atoms with Crippen LogP contribution >= 0.6 is 35.7 Å². The smallest absolute Gasteiger partial charge is 0.191 e. The predicted octanol–water partition coefficient (Wildman–Crippen LogP) is 3.71. The monoisotopic (exact) mass is 468 g/mol. The molecule has 1 saturated heterocycles. The third-order valence-electron chi connectivity index (χ3n) is 5.39. The number of hydrogen-bond acceptors (Lipinski definition) is 3. The van der Waals surface area contributed by atoms with Gasteiger partial charge in [-0.2, -0.15) is 11.8 Å². The minimum Gasteiger partial charge on any atom is -0.356 e. The van der Waals surface area contributed by atoms with Crippen molar-refractivity contribution in [2.75, 3.05) is 32.9 Å². The zero-order valence-corrected chi connectivity index (χ0v) is 18.9. The van der Waals surface area contributed by atoms with E-state index in [1.54, 1.807) is 0 Å². The van der Waals surface area contributed by atoms with Crippen molar-refractivity contribution in [1.82, 2.24) is 15.5 Å². The normalized spacial score (nSPS) is 28.5. The lowest BCUT2D eigenvalue weighted by Crippen LogP contribution is -2.43. The predicted molar refractivity (Wildman–Crippen MR) is 119 cm³/mol. The van der Waals surface area contributed by atoms with Crippen LogP contribution in [-0.4, -0.2) is 61.1 Å². The van der Waals surface area contributed by atoms with Gasteiger partial charge in [0.1, 0.15) is 0 Å². The third kappa shape index (κ3) is 7.68. The molecule has 2 rings (SSSR count). The van der Waals surface area contributed by atoms with Gasteiger partial charge in [0.25, 0.3) is 0 Å². The van der Waals surface area contributed by atoms with Gasteiger partial charge in [0, 0.05) is 30.9 Å². The van der Waals surface area contributed by atoms with Crippen LogP contribution in [0.1, 0.15) is 58.3 Å². The number of guanidine groups is 1. The van der Waals surface area contributed by atoms with E-state index in [2.05, 4.69) is 33.7 Å². The van der Waals surface area contributed by atoms with Crippen LogP contribution in [0, 0.1) is 0 Å². The molecule has 2 aliphatic rings. The average molecular weight is 468 g/mol. The number of nitrogens with one attached hydrogen (secondary N) is 2. The number of likely N-dealkylation sites (tertiary alicyclic amines) is 1. The van der Waals surface area contributed by atoms with Gasteiger partial charge in [-0.05, 0) is 71.2 Å². The number of unbranched alkanes of at least 4 members (excludes halogenated alkanes) is 1. The molecule has 142 valence electrons. The Morgan fingerprint density at radius 2 is 2.04 bits per heavy atom. The van der Waals surface area contributed by atoms with Gasteiger partial charge in [0.2, 0.25) is 0 Å². The number of rotatable bonds is 7. The van der Waals surface area contributed by atoms with Gasteiger partial charge in [-0.3, -0.25) is 4.99 Å². The highest BCUT2D eigenvalue weighted by atomic mass is 127. The maximum Gasteiger partial charge on any atom is 0.191 e. The fourth-order valence-electron chi connectivity index (χ4n) is 3.81. The van der Waals surface area contributed by atoms with Gasteiger partial charge in [-0.25, -0.2) is 0 Å². The van der Waals surface area contributed by atoms with Crippen LogP contribution in [0.3, 0.4) is 0 Å². The minimum atomic E-state index is 0. The molecule has 0 bridgehead atoms. The minimum absolute atomic E-state index is 0. The molecule has 3 unspecified atom stereocenters. The second kappa shape index (κ2) is 12.6. The van der Waals surface area contributed by atoms with Crippen molar-refractivity contribution in [1.29, 1.82) is 0 Å². The lowest BCUT2D eigenvalue weighted by molar-refractivity contribution is 0.158. The van der Waals surface area contributed by atoms with E-state index in [1.165, 1.54) is 64.5 Å². The average Bonchev–Trinajstić information content (AvgIpc) is 3.02. The molecule has 1 aliphatic heterocycles. The summed E-state index contributed by atoms with van der Waals surface area (Å²) >= 11 is 2.00. The van der Waals surface area contributed by atoms with E-state index in [4.69, 9.17) is 0 Å². The van der Waals surface area contributed by atoms with Crippen molar-refractivity contribution in [2.24, 2.45) is 4.99 Å². The Kier molecular flexibility index (Phi) is 11.8. The molecule has 24 heavy (non-hydrogen) atoms. The summed E-state index contributed by atoms with van der Waals surface area (Å²) < 4.78 is 0. The first-order valence-electron chi connectivity index (χ1n) is 9.47. The van der Waals surface area contributed by atoms with Crippen LogP contribution in [0.25, 0.3) is 0 Å². The highest BCUT2D eigenvalue weighted by Gasteiger charge is 2.24. The molecular weight excluding hydrogens is 431 g/mol. The van der Waals surface area contributed by atoms with Crippen LogP contribution in [0.15, 0.2) is 4.99 Å². The lowest BCUT2D eigenvalue weighted by atomic mass is 10.0. The molecule has 0 aromatic rings. The van der Waals surface area contributed by atoms with Crippen LogP contribution < -0.4 is 10.6 Å². The molecule has 1 heterocycles. The molecular formula is C18H37IN4S. The molecule has 0 amide bonds. The SMILES string of the molecule is CN=C(NCCCCN1CCCCC1C)NC1CCC(SC)C1.I. The summed E-state index contributed by atoms with van der Waals surface area (Å²) in [4.78, 5) is 7.04. The number of aliphatic imine (C=N–C) groups is 1. The quantitative estimate of drug-likeness (QED) is 0.259. The Hall–Kier alpha value is 0.310. The van der Waals surface area contributed by atoms with E-state index in [0.717, 1.165) is 23.8 Å². The van der Waals surface area contributed by atoms with Crippen molar-refractivity contribution < 1.29 is 0 Å². The van der Waals surface area contributed by atoms with Crippen molar-refractivity contribution in [3.63, 3.8) is 0 Å². The Balaban J connectivity index is 0.00000288. The van der Waals surface area contributed by atoms with Crippen LogP contribution in [0.5, 0.6) is 0 Å². The summed E-state index contributed by atoms with van der Waals surface area (Å²) in [6, 6.07) is 1.39. The molecule has 1 aliphatic carbocycles. The second-order valence-corrected chi connectivity index (χ2v) is 8.24. The Morgan fingerprint density at radius 1 is 1.21 bits per heavy atom. The molecule has 2 fully saturated rings. The number of piperidine rings is 1. The van der Waals surface area contributed by atoms with E-state index in [0.29, 0.717) is 6.04 Å². The number of hydrogen-bond donors (Lipinski definition) is 2. The molecule has 1 saturated carbocycles. The van der Waals surface area contributed by atoms with Gasteiger partial charge in [-0.1, -0.05) is 6.42 Å². The van der Waals surface area contributed by atoms with Gasteiger partial charge in [0.05, 0.1) is 0 Å². The number of thioether (sulfide) groups is 1. The molecule has 6 heteroatoms. The van der Waals surface area contributed by atoms with Gasteiger partial charge < -0.3 is 15.5 Å². The van der Waals surface area contributed by atoms with Gasteiger partial charge >= 0.3 is 0 Å². The van der Waals surface area contributed by atoms with E-state index >= 15 is 0 Å². The van der Waals surface area contributed by atoms with Gasteiger partial charge in [-0.15, -0.1) is 24.0 Å². The van der Waals surface area contributed by atoms with Crippen molar-refractivity contribution in [3.05, 3.63) is 0 Å². The maximum atomic E-state index is 4.38. The highest BCUT2D eigenvalue weighted by Crippen LogP contribution is 2.28. The summed E-state index contributed by atoms with van der Waals surface area (Å²) in [5.74, 6) is 0.989. The standard InChI is InChI=1S/C18H36N4S.HI/c1-15-8-4-6-12-22(15)13-7-5-11-20-18(19-2)21-16-9-10-17(14-16)23-3;/h15-17H,4-14H2,1-3H3,(H2,19,20,21);1H. The first-order valence-corrected chi connectivity index (χ1v) is 10.8. The fourth-order valence-corrected chi connectivity index (χ4v) is 4.61. The van der Waals surface area contributed by atoms with Crippen LogP contribution in [-0.2, 0) is 0 Å². The Morgan fingerprint density at radius 3 is 2.71 bits per heavy atom. The van der Waals surface area contributed by atoms with Crippen molar-refractivity contribution >= 4 is 41.7 Å². The van der Waals surface area contributed by atoms with E-state index < -0.39 is 0 Å². The molecule has 4 nitrogen and oxygen atoms in total. The van der Waals surface area contributed by atoms with Gasteiger partial charge in [0.15, 0.2) is 5.96 Å². The lowest BCUT2D eigenvalue weighted by Gasteiger charge is -2.33. The maximum absolute atomic E-state index is 4.38. The summed E-state index contributed by atoms with van der Waals surface area (Å²) in [6.45, 7) is 5.97. The molecule has 0 aromatic heterocycles. The molecule has 0 aromatic carbocycles. The fraction of sp³-hybridized carbons (Fsp3) is 0.944. The number of nitrogens with zero attached hydrogens (tertiary/aromatic N) is 2. The van der Waals surface area contributed by atoms with Crippen LogP contribution in [0.2, 0.25) is 0 Å². The summed E-state index contributed by atoms with van der Waals surface area (Å²) in [7, 11) is 1.88. The zero-order chi connectivity index (χ0) is 16.5.